The number of carbonyl (C=O) groups excluding carboxylic acids is 1. The number of carbonyl (C=O) groups is 1. The number of para-hydroxylation sites is 1. The molecule has 150 valence electrons. The Morgan fingerprint density at radius 2 is 1.97 bits per heavy atom. The van der Waals surface area contributed by atoms with Crippen molar-refractivity contribution in [2.45, 2.75) is 25.8 Å². The predicted octanol–water partition coefficient (Wildman–Crippen LogP) is 3.20. The number of nitrogens with zero attached hydrogens (tertiary/aromatic N) is 2. The number of benzene rings is 2. The zero-order valence-corrected chi connectivity index (χ0v) is 16.7. The quantitative estimate of drug-likeness (QED) is 0.448. The molecule has 0 radical (unpaired) electrons. The van der Waals surface area contributed by atoms with Crippen LogP contribution in [-0.4, -0.2) is 37.0 Å². The Balaban J connectivity index is 1.26. The zero-order chi connectivity index (χ0) is 20.1. The lowest BCUT2D eigenvalue weighted by Gasteiger charge is -2.16. The molecule has 1 saturated heterocycles. The third kappa shape index (κ3) is 4.42. The Bertz CT molecular complexity index is 1010. The average molecular weight is 390 g/mol. The van der Waals surface area contributed by atoms with Gasteiger partial charge >= 0.3 is 0 Å². The number of guanidine groups is 1. The number of amides is 1. The molecule has 0 unspecified atom stereocenters. The number of hydrogen-bond donors (Lipinski definition) is 3. The number of anilines is 1. The lowest BCUT2D eigenvalue weighted by molar-refractivity contribution is -0.117. The van der Waals surface area contributed by atoms with Crippen molar-refractivity contribution in [2.24, 2.45) is 4.99 Å². The largest absolute Gasteiger partial charge is 0.361 e. The van der Waals surface area contributed by atoms with E-state index in [-0.39, 0.29) is 5.91 Å². The molecule has 4 rings (SSSR count). The summed E-state index contributed by atoms with van der Waals surface area (Å²) >= 11 is 0. The second-order valence-electron chi connectivity index (χ2n) is 7.28. The van der Waals surface area contributed by atoms with Gasteiger partial charge in [0, 0.05) is 55.9 Å². The Labute approximate surface area is 171 Å². The highest BCUT2D eigenvalue weighted by molar-refractivity contribution is 5.95. The van der Waals surface area contributed by atoms with Crippen LogP contribution < -0.4 is 15.5 Å². The molecule has 1 amide bonds. The maximum absolute atomic E-state index is 11.9. The fraction of sp³-hybridized carbons (Fsp3) is 0.304. The van der Waals surface area contributed by atoms with E-state index in [9.17, 15) is 4.79 Å². The minimum absolute atomic E-state index is 0.218. The molecule has 1 aliphatic rings. The lowest BCUT2D eigenvalue weighted by atomic mass is 10.1. The van der Waals surface area contributed by atoms with E-state index in [1.165, 1.54) is 16.5 Å². The Kier molecular flexibility index (Phi) is 5.79. The molecule has 0 spiro atoms. The summed E-state index contributed by atoms with van der Waals surface area (Å²) in [7, 11) is 1.78. The Morgan fingerprint density at radius 1 is 1.14 bits per heavy atom. The lowest BCUT2D eigenvalue weighted by Crippen LogP contribution is -2.37. The van der Waals surface area contributed by atoms with Gasteiger partial charge in [-0.15, -0.1) is 0 Å². The number of H-pyrrole nitrogens is 1. The first-order valence-corrected chi connectivity index (χ1v) is 10.1. The van der Waals surface area contributed by atoms with Gasteiger partial charge in [-0.05, 0) is 42.2 Å². The second-order valence-corrected chi connectivity index (χ2v) is 7.28. The van der Waals surface area contributed by atoms with Crippen LogP contribution in [0.4, 0.5) is 5.69 Å². The highest BCUT2D eigenvalue weighted by Crippen LogP contribution is 2.21. The summed E-state index contributed by atoms with van der Waals surface area (Å²) in [6, 6.07) is 16.5. The van der Waals surface area contributed by atoms with Gasteiger partial charge in [0.05, 0.1) is 0 Å². The summed E-state index contributed by atoms with van der Waals surface area (Å²) in [4.78, 5) is 21.3. The van der Waals surface area contributed by atoms with Crippen molar-refractivity contribution in [3.8, 4) is 0 Å². The predicted molar refractivity (Wildman–Crippen MR) is 118 cm³/mol. The van der Waals surface area contributed by atoms with E-state index >= 15 is 0 Å². The molecule has 0 aliphatic carbocycles. The van der Waals surface area contributed by atoms with Gasteiger partial charge in [-0.25, -0.2) is 0 Å². The molecule has 2 heterocycles. The van der Waals surface area contributed by atoms with Crippen molar-refractivity contribution < 1.29 is 4.79 Å². The van der Waals surface area contributed by atoms with Gasteiger partial charge in [0.2, 0.25) is 5.91 Å². The molecule has 1 aromatic heterocycles. The van der Waals surface area contributed by atoms with Crippen LogP contribution in [-0.2, 0) is 17.8 Å². The third-order valence-electron chi connectivity index (χ3n) is 5.37. The highest BCUT2D eigenvalue weighted by Gasteiger charge is 2.21. The van der Waals surface area contributed by atoms with Crippen molar-refractivity contribution >= 4 is 28.5 Å². The molecule has 1 aliphatic heterocycles. The van der Waals surface area contributed by atoms with E-state index in [1.807, 2.05) is 23.1 Å². The van der Waals surface area contributed by atoms with E-state index in [1.54, 1.807) is 7.05 Å². The summed E-state index contributed by atoms with van der Waals surface area (Å²) in [5, 5.41) is 8.00. The van der Waals surface area contributed by atoms with Gasteiger partial charge in [0.15, 0.2) is 5.96 Å². The van der Waals surface area contributed by atoms with Gasteiger partial charge in [0.25, 0.3) is 0 Å². The van der Waals surface area contributed by atoms with Crippen molar-refractivity contribution in [3.05, 3.63) is 65.9 Å². The van der Waals surface area contributed by atoms with Crippen molar-refractivity contribution in [1.82, 2.24) is 15.6 Å². The number of aliphatic imine (C=N–C) groups is 1. The van der Waals surface area contributed by atoms with Crippen LogP contribution in [0.25, 0.3) is 10.9 Å². The summed E-state index contributed by atoms with van der Waals surface area (Å²) < 4.78 is 0. The van der Waals surface area contributed by atoms with Crippen LogP contribution in [0.1, 0.15) is 24.0 Å². The van der Waals surface area contributed by atoms with Crippen LogP contribution >= 0.6 is 0 Å². The van der Waals surface area contributed by atoms with Gasteiger partial charge in [-0.2, -0.15) is 0 Å². The van der Waals surface area contributed by atoms with Crippen LogP contribution in [0, 0.1) is 0 Å². The molecule has 0 atom stereocenters. The van der Waals surface area contributed by atoms with E-state index < -0.39 is 0 Å². The Morgan fingerprint density at radius 3 is 2.72 bits per heavy atom. The standard InChI is InChI=1S/C23H27N5O/c1-24-23(25-13-12-18-16-26-21-6-3-2-5-20(18)21)27-15-17-8-10-19(11-9-17)28-14-4-7-22(28)29/h2-3,5-6,8-11,16,26H,4,7,12-15H2,1H3,(H2,24,25,27). The first kappa shape index (κ1) is 19.1. The molecular weight excluding hydrogens is 362 g/mol. The third-order valence-corrected chi connectivity index (χ3v) is 5.37. The molecule has 0 saturated carbocycles. The first-order chi connectivity index (χ1) is 14.2. The summed E-state index contributed by atoms with van der Waals surface area (Å²) in [6.07, 6.45) is 4.60. The van der Waals surface area contributed by atoms with Crippen molar-refractivity contribution in [3.63, 3.8) is 0 Å². The van der Waals surface area contributed by atoms with Gasteiger partial charge in [-0.1, -0.05) is 30.3 Å². The van der Waals surface area contributed by atoms with Gasteiger partial charge in [-0.3, -0.25) is 9.79 Å². The molecule has 29 heavy (non-hydrogen) atoms. The SMILES string of the molecule is CN=C(NCCc1c[nH]c2ccccc12)NCc1ccc(N2CCCC2=O)cc1. The fourth-order valence-corrected chi connectivity index (χ4v) is 3.78. The van der Waals surface area contributed by atoms with Crippen LogP contribution in [0.2, 0.25) is 0 Å². The summed E-state index contributed by atoms with van der Waals surface area (Å²) in [5.41, 5.74) is 4.61. The zero-order valence-electron chi connectivity index (χ0n) is 16.7. The smallest absolute Gasteiger partial charge is 0.227 e. The highest BCUT2D eigenvalue weighted by atomic mass is 16.2. The summed E-state index contributed by atoms with van der Waals surface area (Å²) in [6.45, 7) is 2.31. The van der Waals surface area contributed by atoms with Gasteiger partial charge in [0.1, 0.15) is 0 Å². The molecule has 1 fully saturated rings. The molecular formula is C23H27N5O. The minimum atomic E-state index is 0.218. The van der Waals surface area contributed by atoms with Gasteiger partial charge < -0.3 is 20.5 Å². The topological polar surface area (TPSA) is 72.5 Å². The number of hydrogen-bond acceptors (Lipinski definition) is 2. The fourth-order valence-electron chi connectivity index (χ4n) is 3.78. The molecule has 3 aromatic rings. The number of rotatable bonds is 6. The molecule has 3 N–H and O–H groups in total. The minimum Gasteiger partial charge on any atom is -0.361 e. The molecule has 2 aromatic carbocycles. The van der Waals surface area contributed by atoms with Crippen LogP contribution in [0.5, 0.6) is 0 Å². The Hall–Kier alpha value is -3.28. The van der Waals surface area contributed by atoms with Crippen LogP contribution in [0.3, 0.4) is 0 Å². The molecule has 6 nitrogen and oxygen atoms in total. The van der Waals surface area contributed by atoms with Crippen molar-refractivity contribution in [2.75, 3.05) is 25.0 Å². The van der Waals surface area contributed by atoms with Crippen LogP contribution in [0.15, 0.2) is 59.7 Å². The van der Waals surface area contributed by atoms with E-state index in [4.69, 9.17) is 0 Å². The second kappa shape index (κ2) is 8.82. The molecule has 6 heteroatoms. The molecule has 0 bridgehead atoms. The monoisotopic (exact) mass is 389 g/mol. The van der Waals surface area contributed by atoms with E-state index in [0.29, 0.717) is 13.0 Å². The summed E-state index contributed by atoms with van der Waals surface area (Å²) in [5.74, 6) is 0.999. The normalized spacial score (nSPS) is 14.6. The van der Waals surface area contributed by atoms with Crippen molar-refractivity contribution in [1.29, 1.82) is 0 Å². The maximum Gasteiger partial charge on any atom is 0.227 e. The maximum atomic E-state index is 11.9. The van der Waals surface area contributed by atoms with E-state index in [0.717, 1.165) is 43.1 Å². The average Bonchev–Trinajstić information content (AvgIpc) is 3.37. The number of aromatic nitrogens is 1. The van der Waals surface area contributed by atoms with E-state index in [2.05, 4.69) is 57.1 Å². The number of nitrogens with one attached hydrogen (secondary N) is 3. The number of aromatic amines is 1. The first-order valence-electron chi connectivity index (χ1n) is 10.1. The number of fused-ring (bicyclic) bond motifs is 1.